The molecule has 2 rings (SSSR count). The lowest BCUT2D eigenvalue weighted by Gasteiger charge is -2.01. The highest BCUT2D eigenvalue weighted by Crippen LogP contribution is 2.36. The standard InChI is InChI=1S/C12H17NO3/c1-7-3-9(7)5-13-6-10-4-11(12(14)15)16-8(10)2/h4,7,9,13H,3,5-6H2,1-2H3,(H,14,15). The number of furan rings is 1. The van der Waals surface area contributed by atoms with Crippen LogP contribution < -0.4 is 5.32 Å². The van der Waals surface area contributed by atoms with E-state index in [2.05, 4.69) is 12.2 Å². The summed E-state index contributed by atoms with van der Waals surface area (Å²) in [5, 5.41) is 12.1. The number of hydrogen-bond donors (Lipinski definition) is 2. The number of aryl methyl sites for hydroxylation is 1. The summed E-state index contributed by atoms with van der Waals surface area (Å²) in [5.41, 5.74) is 0.936. The molecule has 1 fully saturated rings. The summed E-state index contributed by atoms with van der Waals surface area (Å²) >= 11 is 0. The lowest BCUT2D eigenvalue weighted by atomic mass is 10.2. The van der Waals surface area contributed by atoms with Gasteiger partial charge in [0.05, 0.1) is 0 Å². The maximum atomic E-state index is 10.7. The maximum Gasteiger partial charge on any atom is 0.371 e. The summed E-state index contributed by atoms with van der Waals surface area (Å²) in [4.78, 5) is 10.7. The Hall–Kier alpha value is -1.29. The average Bonchev–Trinajstić information content (AvgIpc) is 2.77. The fourth-order valence-electron chi connectivity index (χ4n) is 1.88. The molecule has 4 nitrogen and oxygen atoms in total. The van der Waals surface area contributed by atoms with E-state index in [0.29, 0.717) is 12.3 Å². The quantitative estimate of drug-likeness (QED) is 0.801. The Morgan fingerprint density at radius 1 is 1.69 bits per heavy atom. The second kappa shape index (κ2) is 4.29. The van der Waals surface area contributed by atoms with Gasteiger partial charge < -0.3 is 14.8 Å². The molecule has 1 aliphatic carbocycles. The summed E-state index contributed by atoms with van der Waals surface area (Å²) in [6.45, 7) is 5.74. The van der Waals surface area contributed by atoms with Crippen LogP contribution in [0.1, 0.15) is 35.2 Å². The largest absolute Gasteiger partial charge is 0.475 e. The highest BCUT2D eigenvalue weighted by molar-refractivity contribution is 5.84. The number of hydrogen-bond acceptors (Lipinski definition) is 3. The Kier molecular flexibility index (Phi) is 3.01. The van der Waals surface area contributed by atoms with Crippen molar-refractivity contribution in [3.63, 3.8) is 0 Å². The molecule has 4 heteroatoms. The Morgan fingerprint density at radius 3 is 2.88 bits per heavy atom. The molecule has 0 radical (unpaired) electrons. The molecule has 0 aliphatic heterocycles. The molecule has 0 spiro atoms. The van der Waals surface area contributed by atoms with Crippen LogP contribution in [0.5, 0.6) is 0 Å². The van der Waals surface area contributed by atoms with Crippen molar-refractivity contribution in [1.82, 2.24) is 5.32 Å². The van der Waals surface area contributed by atoms with Gasteiger partial charge in [0.15, 0.2) is 0 Å². The minimum absolute atomic E-state index is 0.0223. The topological polar surface area (TPSA) is 62.5 Å². The molecule has 1 aromatic rings. The minimum atomic E-state index is -1.01. The molecule has 2 unspecified atom stereocenters. The third-order valence-corrected chi connectivity index (χ3v) is 3.23. The molecule has 88 valence electrons. The van der Waals surface area contributed by atoms with Gasteiger partial charge >= 0.3 is 5.97 Å². The van der Waals surface area contributed by atoms with Crippen LogP contribution in [-0.4, -0.2) is 17.6 Å². The molecule has 0 aromatic carbocycles. The molecular weight excluding hydrogens is 206 g/mol. The Labute approximate surface area is 94.6 Å². The van der Waals surface area contributed by atoms with Crippen LogP contribution in [0.15, 0.2) is 10.5 Å². The minimum Gasteiger partial charge on any atom is -0.475 e. The van der Waals surface area contributed by atoms with E-state index in [1.165, 1.54) is 6.42 Å². The molecule has 1 aromatic heterocycles. The van der Waals surface area contributed by atoms with Crippen LogP contribution in [0.25, 0.3) is 0 Å². The monoisotopic (exact) mass is 223 g/mol. The lowest BCUT2D eigenvalue weighted by molar-refractivity contribution is 0.0661. The summed E-state index contributed by atoms with van der Waals surface area (Å²) in [6.07, 6.45) is 1.30. The van der Waals surface area contributed by atoms with Crippen molar-refractivity contribution in [2.75, 3.05) is 6.54 Å². The predicted octanol–water partition coefficient (Wildman–Crippen LogP) is 2.03. The van der Waals surface area contributed by atoms with Crippen LogP contribution in [0.4, 0.5) is 0 Å². The highest BCUT2D eigenvalue weighted by Gasteiger charge is 2.31. The average molecular weight is 223 g/mol. The van der Waals surface area contributed by atoms with Gasteiger partial charge in [-0.25, -0.2) is 4.79 Å². The summed E-state index contributed by atoms with van der Waals surface area (Å²) in [5.74, 6) is 1.34. The molecule has 1 aliphatic rings. The van der Waals surface area contributed by atoms with Crippen LogP contribution in [0, 0.1) is 18.8 Å². The van der Waals surface area contributed by atoms with Gasteiger partial charge in [0.2, 0.25) is 5.76 Å². The van der Waals surface area contributed by atoms with Crippen molar-refractivity contribution in [3.05, 3.63) is 23.2 Å². The van der Waals surface area contributed by atoms with Crippen LogP contribution >= 0.6 is 0 Å². The Bertz CT molecular complexity index is 397. The smallest absolute Gasteiger partial charge is 0.371 e. The van der Waals surface area contributed by atoms with Crippen LogP contribution in [0.2, 0.25) is 0 Å². The molecule has 1 heterocycles. The fraction of sp³-hybridized carbons (Fsp3) is 0.583. The van der Waals surface area contributed by atoms with E-state index in [4.69, 9.17) is 9.52 Å². The second-order valence-electron chi connectivity index (χ2n) is 4.60. The predicted molar refractivity (Wildman–Crippen MR) is 59.4 cm³/mol. The van der Waals surface area contributed by atoms with Crippen molar-refractivity contribution in [2.45, 2.75) is 26.8 Å². The van der Waals surface area contributed by atoms with Gasteiger partial charge in [-0.15, -0.1) is 0 Å². The molecule has 1 saturated carbocycles. The normalized spacial score (nSPS) is 23.4. The molecule has 16 heavy (non-hydrogen) atoms. The first-order chi connectivity index (χ1) is 7.58. The van der Waals surface area contributed by atoms with E-state index in [0.717, 1.165) is 23.9 Å². The van der Waals surface area contributed by atoms with Gasteiger partial charge in [0.1, 0.15) is 5.76 Å². The third kappa shape index (κ3) is 2.44. The summed E-state index contributed by atoms with van der Waals surface area (Å²) in [7, 11) is 0. The molecule has 0 amide bonds. The number of aromatic carboxylic acids is 1. The van der Waals surface area contributed by atoms with Crippen molar-refractivity contribution < 1.29 is 14.3 Å². The van der Waals surface area contributed by atoms with E-state index in [1.807, 2.05) is 0 Å². The molecular formula is C12H17NO3. The Balaban J connectivity index is 1.86. The summed E-state index contributed by atoms with van der Waals surface area (Å²) in [6, 6.07) is 1.60. The fourth-order valence-corrected chi connectivity index (χ4v) is 1.88. The van der Waals surface area contributed by atoms with Crippen molar-refractivity contribution in [3.8, 4) is 0 Å². The van der Waals surface area contributed by atoms with Crippen LogP contribution in [-0.2, 0) is 6.54 Å². The van der Waals surface area contributed by atoms with E-state index in [1.54, 1.807) is 13.0 Å². The van der Waals surface area contributed by atoms with E-state index in [9.17, 15) is 4.79 Å². The maximum absolute atomic E-state index is 10.7. The van der Waals surface area contributed by atoms with Gasteiger partial charge in [0, 0.05) is 12.1 Å². The summed E-state index contributed by atoms with van der Waals surface area (Å²) < 4.78 is 5.13. The first-order valence-electron chi connectivity index (χ1n) is 5.61. The number of carbonyl (C=O) groups is 1. The van der Waals surface area contributed by atoms with E-state index < -0.39 is 5.97 Å². The number of carboxylic acid groups (broad SMARTS) is 1. The first-order valence-corrected chi connectivity index (χ1v) is 5.61. The third-order valence-electron chi connectivity index (χ3n) is 3.23. The number of nitrogens with one attached hydrogen (secondary N) is 1. The van der Waals surface area contributed by atoms with Gasteiger partial charge in [-0.1, -0.05) is 6.92 Å². The zero-order valence-corrected chi connectivity index (χ0v) is 9.62. The highest BCUT2D eigenvalue weighted by atomic mass is 16.4. The van der Waals surface area contributed by atoms with E-state index >= 15 is 0 Å². The number of rotatable bonds is 5. The Morgan fingerprint density at radius 2 is 2.38 bits per heavy atom. The van der Waals surface area contributed by atoms with Gasteiger partial charge in [-0.3, -0.25) is 0 Å². The first kappa shape index (κ1) is 11.2. The second-order valence-corrected chi connectivity index (χ2v) is 4.60. The zero-order valence-electron chi connectivity index (χ0n) is 9.62. The zero-order chi connectivity index (χ0) is 11.7. The van der Waals surface area contributed by atoms with Gasteiger partial charge in [-0.05, 0) is 37.8 Å². The lowest BCUT2D eigenvalue weighted by Crippen LogP contribution is -2.16. The molecule has 0 saturated heterocycles. The molecule has 2 atom stereocenters. The van der Waals surface area contributed by atoms with Crippen LogP contribution in [0.3, 0.4) is 0 Å². The van der Waals surface area contributed by atoms with Crippen molar-refractivity contribution in [2.24, 2.45) is 11.8 Å². The SMILES string of the molecule is Cc1oc(C(=O)O)cc1CNCC1CC1C. The number of carboxylic acids is 1. The van der Waals surface area contributed by atoms with Gasteiger partial charge in [0.25, 0.3) is 0 Å². The van der Waals surface area contributed by atoms with Gasteiger partial charge in [-0.2, -0.15) is 0 Å². The van der Waals surface area contributed by atoms with Crippen molar-refractivity contribution >= 4 is 5.97 Å². The molecule has 2 N–H and O–H groups in total. The molecule has 0 bridgehead atoms. The van der Waals surface area contributed by atoms with Crippen molar-refractivity contribution in [1.29, 1.82) is 0 Å². The van der Waals surface area contributed by atoms with E-state index in [-0.39, 0.29) is 5.76 Å².